The Labute approximate surface area is 367 Å². The molecule has 0 unspecified atom stereocenters. The third kappa shape index (κ3) is 17.5. The number of carbonyl (C=O) groups is 4. The summed E-state index contributed by atoms with van der Waals surface area (Å²) in [5.74, 6) is -1.48. The highest BCUT2D eigenvalue weighted by atomic mass is 16.5. The quantitative estimate of drug-likeness (QED) is 0.103. The van der Waals surface area contributed by atoms with Crippen molar-refractivity contribution in [2.45, 2.75) is 130 Å². The first-order valence-corrected chi connectivity index (χ1v) is 22.7. The molecular formula is C46H82N6O9. The minimum Gasteiger partial charge on any atom is -0.379 e. The molecule has 15 nitrogen and oxygen atoms in total. The Morgan fingerprint density at radius 1 is 0.869 bits per heavy atom. The highest BCUT2D eigenvalue weighted by Crippen LogP contribution is 2.29. The van der Waals surface area contributed by atoms with Crippen molar-refractivity contribution in [1.29, 1.82) is 0 Å². The summed E-state index contributed by atoms with van der Waals surface area (Å²) in [6, 6.07) is 3.67. The Morgan fingerprint density at radius 3 is 2.08 bits per heavy atom. The average molecular weight is 863 g/mol. The van der Waals surface area contributed by atoms with Crippen molar-refractivity contribution in [2.24, 2.45) is 23.7 Å². The van der Waals surface area contributed by atoms with Crippen molar-refractivity contribution < 1.29 is 42.9 Å². The second-order valence-electron chi connectivity index (χ2n) is 17.2. The summed E-state index contributed by atoms with van der Waals surface area (Å²) in [4.78, 5) is 65.9. The van der Waals surface area contributed by atoms with Crippen LogP contribution in [0.25, 0.3) is 0 Å². The lowest BCUT2D eigenvalue weighted by Crippen LogP contribution is -2.60. The minimum absolute atomic E-state index is 0.0274. The molecule has 1 aliphatic rings. The van der Waals surface area contributed by atoms with Gasteiger partial charge >= 0.3 is 0 Å². The molecule has 15 heteroatoms. The third-order valence-corrected chi connectivity index (χ3v) is 12.0. The molecule has 1 saturated heterocycles. The normalized spacial score (nSPS) is 17.8. The molecule has 1 fully saturated rings. The number of carbonyl (C=O) groups excluding carboxylic acids is 4. The summed E-state index contributed by atoms with van der Waals surface area (Å²) in [5, 5.41) is 6.13. The van der Waals surface area contributed by atoms with E-state index >= 15 is 0 Å². The van der Waals surface area contributed by atoms with Gasteiger partial charge in [-0.3, -0.25) is 29.1 Å². The Balaban J connectivity index is 2.11. The number of pyridine rings is 1. The minimum atomic E-state index is -0.802. The van der Waals surface area contributed by atoms with Crippen molar-refractivity contribution in [1.82, 2.24) is 30.3 Å². The lowest BCUT2D eigenvalue weighted by atomic mass is 9.89. The van der Waals surface area contributed by atoms with Gasteiger partial charge in [0.25, 0.3) is 0 Å². The fourth-order valence-corrected chi connectivity index (χ4v) is 8.34. The van der Waals surface area contributed by atoms with Crippen LogP contribution in [0.2, 0.25) is 0 Å². The fourth-order valence-electron chi connectivity index (χ4n) is 8.34. The first kappa shape index (κ1) is 53.9. The molecule has 8 atom stereocenters. The summed E-state index contributed by atoms with van der Waals surface area (Å²) in [6.07, 6.45) is 4.47. The van der Waals surface area contributed by atoms with Crippen molar-refractivity contribution in [3.8, 4) is 0 Å². The molecule has 1 aromatic heterocycles. The first-order valence-electron chi connectivity index (χ1n) is 22.7. The molecule has 0 bridgehead atoms. The Bertz CT molecular complexity index is 1400. The zero-order valence-electron chi connectivity index (χ0n) is 39.7. The van der Waals surface area contributed by atoms with E-state index in [0.29, 0.717) is 65.5 Å². The summed E-state index contributed by atoms with van der Waals surface area (Å²) >= 11 is 0. The number of amides is 4. The maximum atomic E-state index is 14.5. The monoisotopic (exact) mass is 863 g/mol. The molecular weight excluding hydrogens is 781 g/mol. The van der Waals surface area contributed by atoms with Crippen LogP contribution in [-0.4, -0.2) is 167 Å². The van der Waals surface area contributed by atoms with Crippen LogP contribution in [0.1, 0.15) is 93.2 Å². The highest BCUT2D eigenvalue weighted by Gasteiger charge is 2.43. The van der Waals surface area contributed by atoms with Gasteiger partial charge in [-0.05, 0) is 56.2 Å². The summed E-state index contributed by atoms with van der Waals surface area (Å²) in [7, 11) is 6.81. The molecule has 2 rings (SSSR count). The molecule has 4 amide bonds. The standard InChI is InChI=1S/C46H82N6O9/c1-13-25-59-27-29-61-30-28-60-26-24-50(9)41(33(5)6)45(55)49-40(32(3)4)46(56)51(10)42(34(7)14-2)38(57-11)31-39(53)52-23-17-19-37(52)43(58-12)35(8)44(54)48-22-20-36-18-15-16-21-47-36/h15-16,18,21,32-35,37-38,40-43H,13-14,17,19-20,22-31H2,1-12H3,(H,48,54)(H,49,55)/t34-,35+,37-,38+,40-,41-,42-,43+/m0/s1. The average Bonchev–Trinajstić information content (AvgIpc) is 3.72. The van der Waals surface area contributed by atoms with E-state index in [4.69, 9.17) is 23.7 Å². The number of aromatic nitrogens is 1. The van der Waals surface area contributed by atoms with Crippen LogP contribution in [0.4, 0.5) is 0 Å². The van der Waals surface area contributed by atoms with Crippen LogP contribution in [0, 0.1) is 23.7 Å². The van der Waals surface area contributed by atoms with Gasteiger partial charge in [-0.2, -0.15) is 0 Å². The van der Waals surface area contributed by atoms with Crippen molar-refractivity contribution in [3.05, 3.63) is 30.1 Å². The van der Waals surface area contributed by atoms with E-state index in [1.807, 2.05) is 69.7 Å². The maximum absolute atomic E-state index is 14.5. The molecule has 0 radical (unpaired) electrons. The topological polar surface area (TPSA) is 161 Å². The predicted molar refractivity (Wildman–Crippen MR) is 238 cm³/mol. The SMILES string of the molecule is CCCOCCOCCOCCN(C)[C@H](C(=O)N[C@H](C(=O)N(C)[C@@H]([C@@H](C)CC)[C@@H](CC(=O)N1CCC[C@H]1[C@H](OC)[C@@H](C)C(=O)NCCc1ccccn1)OC)C(C)C)C(C)C. The molecule has 61 heavy (non-hydrogen) atoms. The second kappa shape index (κ2) is 29.2. The van der Waals surface area contributed by atoms with Crippen LogP contribution in [0.15, 0.2) is 24.4 Å². The molecule has 1 aliphatic heterocycles. The first-order chi connectivity index (χ1) is 29.1. The molecule has 0 spiro atoms. The van der Waals surface area contributed by atoms with Crippen molar-refractivity contribution >= 4 is 23.6 Å². The van der Waals surface area contributed by atoms with E-state index in [0.717, 1.165) is 31.6 Å². The van der Waals surface area contributed by atoms with Crippen LogP contribution >= 0.6 is 0 Å². The second-order valence-corrected chi connectivity index (χ2v) is 17.2. The number of rotatable bonds is 31. The lowest BCUT2D eigenvalue weighted by molar-refractivity contribution is -0.148. The summed E-state index contributed by atoms with van der Waals surface area (Å²) in [5.41, 5.74) is 0.898. The van der Waals surface area contributed by atoms with Gasteiger partial charge in [-0.1, -0.05) is 67.9 Å². The van der Waals surface area contributed by atoms with Crippen LogP contribution in [0.3, 0.4) is 0 Å². The van der Waals surface area contributed by atoms with Crippen LogP contribution in [-0.2, 0) is 49.3 Å². The van der Waals surface area contributed by atoms with Gasteiger partial charge in [0, 0.05) is 65.8 Å². The van der Waals surface area contributed by atoms with Gasteiger partial charge in [-0.25, -0.2) is 0 Å². The molecule has 0 saturated carbocycles. The maximum Gasteiger partial charge on any atom is 0.245 e. The van der Waals surface area contributed by atoms with Gasteiger partial charge in [0.05, 0.1) is 75.7 Å². The molecule has 350 valence electrons. The molecule has 0 aliphatic carbocycles. The van der Waals surface area contributed by atoms with E-state index in [1.165, 1.54) is 0 Å². The number of nitrogens with zero attached hydrogens (tertiary/aromatic N) is 4. The fraction of sp³-hybridized carbons (Fsp3) is 0.804. The van der Waals surface area contributed by atoms with Crippen molar-refractivity contribution in [2.75, 3.05) is 87.6 Å². The Hall–Kier alpha value is -3.21. The van der Waals surface area contributed by atoms with E-state index in [1.54, 1.807) is 32.4 Å². The van der Waals surface area contributed by atoms with Gasteiger partial charge in [0.1, 0.15) is 6.04 Å². The van der Waals surface area contributed by atoms with E-state index < -0.39 is 36.3 Å². The number of nitrogens with one attached hydrogen (secondary N) is 2. The molecule has 1 aromatic rings. The summed E-state index contributed by atoms with van der Waals surface area (Å²) < 4.78 is 28.8. The smallest absolute Gasteiger partial charge is 0.245 e. The molecule has 2 heterocycles. The number of hydrogen-bond acceptors (Lipinski definition) is 11. The number of ether oxygens (including phenoxy) is 5. The lowest BCUT2D eigenvalue weighted by Gasteiger charge is -2.41. The van der Waals surface area contributed by atoms with Gasteiger partial charge < -0.3 is 44.1 Å². The number of methoxy groups -OCH3 is 2. The summed E-state index contributed by atoms with van der Waals surface area (Å²) in [6.45, 7) is 20.5. The van der Waals surface area contributed by atoms with E-state index in [9.17, 15) is 19.2 Å². The highest BCUT2D eigenvalue weighted by molar-refractivity contribution is 5.90. The zero-order valence-corrected chi connectivity index (χ0v) is 39.7. The number of hydrogen-bond donors (Lipinski definition) is 2. The van der Waals surface area contributed by atoms with Crippen molar-refractivity contribution in [3.63, 3.8) is 0 Å². The van der Waals surface area contributed by atoms with Gasteiger partial charge in [0.15, 0.2) is 0 Å². The Kier molecular flexibility index (Phi) is 25.8. The van der Waals surface area contributed by atoms with E-state index in [2.05, 4.69) is 36.4 Å². The van der Waals surface area contributed by atoms with Crippen LogP contribution < -0.4 is 10.6 Å². The largest absolute Gasteiger partial charge is 0.379 e. The molecule has 2 N–H and O–H groups in total. The van der Waals surface area contributed by atoms with Gasteiger partial charge in [0.2, 0.25) is 23.6 Å². The van der Waals surface area contributed by atoms with Gasteiger partial charge in [-0.15, -0.1) is 0 Å². The van der Waals surface area contributed by atoms with Crippen LogP contribution in [0.5, 0.6) is 0 Å². The predicted octanol–water partition coefficient (Wildman–Crippen LogP) is 4.22. The number of likely N-dealkylation sites (N-methyl/N-ethyl adjacent to an activating group) is 2. The Morgan fingerprint density at radius 2 is 1.52 bits per heavy atom. The van der Waals surface area contributed by atoms with E-state index in [-0.39, 0.29) is 53.8 Å². The zero-order chi connectivity index (χ0) is 45.5. The number of likely N-dealkylation sites (tertiary alicyclic amines) is 1. The molecule has 0 aromatic carbocycles. The third-order valence-electron chi connectivity index (χ3n) is 12.0.